The second-order valence-corrected chi connectivity index (χ2v) is 6.91. The minimum atomic E-state index is -5.63. The van der Waals surface area contributed by atoms with E-state index in [0.717, 1.165) is 20.3 Å². The monoisotopic (exact) mass is 486 g/mol. The average molecular weight is 486 g/mol. The number of halogens is 7. The van der Waals surface area contributed by atoms with Crippen molar-refractivity contribution in [2.75, 3.05) is 4.90 Å². The van der Waals surface area contributed by atoms with Crippen LogP contribution in [0.5, 0.6) is 0 Å². The van der Waals surface area contributed by atoms with E-state index in [1.807, 2.05) is 0 Å². The number of para-hydroxylation sites is 2. The molecule has 0 saturated heterocycles. The first-order valence-corrected chi connectivity index (χ1v) is 9.71. The summed E-state index contributed by atoms with van der Waals surface area (Å²) < 4.78 is 101. The van der Waals surface area contributed by atoms with Crippen LogP contribution >= 0.6 is 0 Å². The number of anilines is 2. The third-order valence-corrected chi connectivity index (χ3v) is 4.95. The molecule has 10 heteroatoms. The summed E-state index contributed by atoms with van der Waals surface area (Å²) >= 11 is 1.11. The van der Waals surface area contributed by atoms with Crippen molar-refractivity contribution in [3.8, 4) is 0 Å². The molecule has 3 aromatic rings. The fraction of sp³-hybridized carbons (Fsp3) is 0.0909. The fourth-order valence-electron chi connectivity index (χ4n) is 3.20. The molecule has 0 aliphatic carbocycles. The van der Waals surface area contributed by atoms with E-state index in [1.165, 1.54) is 11.8 Å². The molecule has 0 fully saturated rings. The van der Waals surface area contributed by atoms with Crippen LogP contribution in [0.4, 0.5) is 42.1 Å². The first-order chi connectivity index (χ1) is 15.1. The van der Waals surface area contributed by atoms with Crippen molar-refractivity contribution >= 4 is 17.1 Å². The molecule has 0 saturated carbocycles. The van der Waals surface area contributed by atoms with Crippen LogP contribution in [0.3, 0.4) is 0 Å². The van der Waals surface area contributed by atoms with Crippen LogP contribution in [-0.2, 0) is 26.4 Å². The molecule has 0 N–H and O–H groups in total. The number of alkyl halides is 3. The van der Waals surface area contributed by atoms with Gasteiger partial charge in [0.2, 0.25) is 0 Å². The molecule has 162 valence electrons. The van der Waals surface area contributed by atoms with Crippen LogP contribution in [0.25, 0.3) is 5.70 Å². The van der Waals surface area contributed by atoms with Gasteiger partial charge < -0.3 is 0 Å². The molecule has 0 heterocycles. The van der Waals surface area contributed by atoms with Gasteiger partial charge in [0, 0.05) is 0 Å². The molecule has 0 radical (unpaired) electrons. The summed E-state index contributed by atoms with van der Waals surface area (Å²) in [5.74, 6) is -9.44. The van der Waals surface area contributed by atoms with Crippen molar-refractivity contribution in [1.29, 1.82) is 0 Å². The Hall–Kier alpha value is -2.78. The molecular weight excluding hydrogens is 473 g/mol. The third-order valence-electron chi connectivity index (χ3n) is 4.60. The number of rotatable bonds is 5. The van der Waals surface area contributed by atoms with E-state index in [2.05, 4.69) is 3.42 Å². The second kappa shape index (κ2) is 9.38. The van der Waals surface area contributed by atoms with Gasteiger partial charge in [0.05, 0.1) is 0 Å². The van der Waals surface area contributed by atoms with Gasteiger partial charge in [0.1, 0.15) is 0 Å². The maximum absolute atomic E-state index is 14.7. The Morgan fingerprint density at radius 3 is 1.50 bits per heavy atom. The number of hydrogen-bond donors (Lipinski definition) is 0. The first-order valence-electron chi connectivity index (χ1n) is 9.01. The molecule has 0 aromatic heterocycles. The molecule has 0 amide bonds. The van der Waals surface area contributed by atoms with E-state index in [0.29, 0.717) is 11.4 Å². The predicted octanol–water partition coefficient (Wildman–Crippen LogP) is 7.52. The van der Waals surface area contributed by atoms with Gasteiger partial charge in [0.15, 0.2) is 0 Å². The molecule has 0 spiro atoms. The standard InChI is InChI=1S/C22H13F7N2.Ti/c1-12(31(13-8-4-2-5-9-13)14-10-6-3-7-11-14)21(30)15-17(23)19(25)16(22(27,28)29)20(26)18(15)24;/h2-11H,1H3;/q;+2/b21-12+;. The van der Waals surface area contributed by atoms with Crippen LogP contribution < -0.4 is 4.90 Å². The summed E-state index contributed by atoms with van der Waals surface area (Å²) in [5.41, 5.74) is -3.45. The van der Waals surface area contributed by atoms with E-state index in [-0.39, 0.29) is 5.70 Å². The zero-order valence-corrected chi connectivity index (χ0v) is 17.9. The van der Waals surface area contributed by atoms with Gasteiger partial charge >= 0.3 is 190 Å². The topological polar surface area (TPSA) is 15.6 Å². The second-order valence-electron chi connectivity index (χ2n) is 6.56. The van der Waals surface area contributed by atoms with E-state index >= 15 is 0 Å². The molecule has 3 aromatic carbocycles. The number of benzene rings is 3. The van der Waals surface area contributed by atoms with Crippen LogP contribution in [0, 0.1) is 23.3 Å². The summed E-state index contributed by atoms with van der Waals surface area (Å²) in [6, 6.07) is 16.9. The summed E-state index contributed by atoms with van der Waals surface area (Å²) in [6.45, 7) is 1.38. The number of nitrogens with zero attached hydrogens (tertiary/aromatic N) is 2. The van der Waals surface area contributed by atoms with Gasteiger partial charge in [-0.25, -0.2) is 0 Å². The molecule has 2 nitrogen and oxygen atoms in total. The summed E-state index contributed by atoms with van der Waals surface area (Å²) in [5, 5.41) is 0. The van der Waals surface area contributed by atoms with Gasteiger partial charge in [-0.1, -0.05) is 0 Å². The van der Waals surface area contributed by atoms with Gasteiger partial charge in [-0.15, -0.1) is 0 Å². The Morgan fingerprint density at radius 1 is 0.750 bits per heavy atom. The normalized spacial score (nSPS) is 12.4. The number of hydrogen-bond acceptors (Lipinski definition) is 2. The van der Waals surface area contributed by atoms with Gasteiger partial charge in [-0.2, -0.15) is 0 Å². The van der Waals surface area contributed by atoms with Crippen LogP contribution in [0.15, 0.2) is 69.8 Å². The van der Waals surface area contributed by atoms with Crippen LogP contribution in [-0.4, -0.2) is 0 Å². The molecule has 0 unspecified atom stereocenters. The molecule has 32 heavy (non-hydrogen) atoms. The number of allylic oxidation sites excluding steroid dienone is 1. The zero-order valence-electron chi connectivity index (χ0n) is 16.3. The quantitative estimate of drug-likeness (QED) is 0.207. The zero-order chi connectivity index (χ0) is 23.6. The third kappa shape index (κ3) is 4.40. The Labute approximate surface area is 190 Å². The van der Waals surface area contributed by atoms with E-state index in [9.17, 15) is 30.7 Å². The fourth-order valence-corrected chi connectivity index (χ4v) is 3.63. The Bertz CT molecular complexity index is 1110. The van der Waals surface area contributed by atoms with Crippen molar-refractivity contribution < 1.29 is 51.0 Å². The average Bonchev–Trinajstić information content (AvgIpc) is 2.76. The van der Waals surface area contributed by atoms with Crippen molar-refractivity contribution in [2.45, 2.75) is 13.1 Å². The SMILES string of the molecule is C/C(=C(\[N]=[Ti+2])c1c(F)c(F)c(C(F)(F)F)c(F)c1F)N(c1ccccc1)c1ccccc1. The molecule has 0 aliphatic rings. The van der Waals surface area contributed by atoms with E-state index < -0.39 is 46.3 Å². The van der Waals surface area contributed by atoms with Gasteiger partial charge in [0.25, 0.3) is 0 Å². The molecule has 0 aliphatic heterocycles. The van der Waals surface area contributed by atoms with Crippen LogP contribution in [0.1, 0.15) is 18.1 Å². The van der Waals surface area contributed by atoms with Crippen molar-refractivity contribution in [2.24, 2.45) is 3.42 Å². The van der Waals surface area contributed by atoms with Crippen LogP contribution in [0.2, 0.25) is 0 Å². The summed E-state index contributed by atoms with van der Waals surface area (Å²) in [7, 11) is 0. The maximum atomic E-state index is 14.7. The summed E-state index contributed by atoms with van der Waals surface area (Å²) in [4.78, 5) is 1.51. The Morgan fingerprint density at radius 2 is 1.16 bits per heavy atom. The molecule has 3 rings (SSSR count). The Kier molecular flexibility index (Phi) is 7.00. The van der Waals surface area contributed by atoms with Gasteiger partial charge in [-0.3, -0.25) is 0 Å². The van der Waals surface area contributed by atoms with E-state index in [1.54, 1.807) is 60.7 Å². The summed E-state index contributed by atoms with van der Waals surface area (Å²) in [6.07, 6.45) is -5.63. The molecule has 0 bridgehead atoms. The predicted molar refractivity (Wildman–Crippen MR) is 101 cm³/mol. The Balaban J connectivity index is 2.35. The molecular formula is C22H13F7N2Ti+2. The van der Waals surface area contributed by atoms with E-state index in [4.69, 9.17) is 0 Å². The first kappa shape index (κ1) is 23.9. The minimum absolute atomic E-state index is 0.0289. The molecule has 0 atom stereocenters. The van der Waals surface area contributed by atoms with Crippen molar-refractivity contribution in [3.05, 3.63) is 101 Å². The van der Waals surface area contributed by atoms with Crippen molar-refractivity contribution in [3.63, 3.8) is 0 Å². The van der Waals surface area contributed by atoms with Gasteiger partial charge in [-0.05, 0) is 0 Å². The van der Waals surface area contributed by atoms with Crippen molar-refractivity contribution in [1.82, 2.24) is 0 Å².